The van der Waals surface area contributed by atoms with Crippen LogP contribution in [-0.4, -0.2) is 33.2 Å². The number of fused-ring (bicyclic) bond motifs is 1. The number of H-pyrrole nitrogens is 1. The van der Waals surface area contributed by atoms with Gasteiger partial charge in [0.1, 0.15) is 6.04 Å². The molecule has 6 heteroatoms. The quantitative estimate of drug-likeness (QED) is 0.785. The van der Waals surface area contributed by atoms with Crippen LogP contribution in [0.25, 0.3) is 10.9 Å². The van der Waals surface area contributed by atoms with E-state index >= 15 is 0 Å². The fourth-order valence-electron chi connectivity index (χ4n) is 2.29. The number of benzene rings is 1. The number of nitrogens with zero attached hydrogens (tertiary/aromatic N) is 1. The van der Waals surface area contributed by atoms with Gasteiger partial charge in [0.15, 0.2) is 0 Å². The van der Waals surface area contributed by atoms with Crippen molar-refractivity contribution < 1.29 is 14.7 Å². The van der Waals surface area contributed by atoms with Crippen molar-refractivity contribution in [3.8, 4) is 0 Å². The Bertz CT molecular complexity index is 678. The maximum atomic E-state index is 12.4. The van der Waals surface area contributed by atoms with Crippen LogP contribution in [0, 0.1) is 12.8 Å². The third-order valence-corrected chi connectivity index (χ3v) is 3.70. The number of aromatic nitrogens is 2. The van der Waals surface area contributed by atoms with Crippen molar-refractivity contribution in [1.29, 1.82) is 0 Å². The number of aliphatic carboxylic acids is 1. The van der Waals surface area contributed by atoms with Crippen LogP contribution in [0.3, 0.4) is 0 Å². The monoisotopic (exact) mass is 289 g/mol. The van der Waals surface area contributed by atoms with Crippen LogP contribution in [0.1, 0.15) is 36.2 Å². The molecular formula is C15H19N3O3. The number of carboxylic acids is 1. The summed E-state index contributed by atoms with van der Waals surface area (Å²) in [4.78, 5) is 23.7. The summed E-state index contributed by atoms with van der Waals surface area (Å²) in [6, 6.07) is 2.74. The molecule has 21 heavy (non-hydrogen) atoms. The first-order valence-electron chi connectivity index (χ1n) is 6.91. The van der Waals surface area contributed by atoms with E-state index in [4.69, 9.17) is 0 Å². The molecule has 0 fully saturated rings. The number of amides is 1. The van der Waals surface area contributed by atoms with E-state index in [0.717, 1.165) is 10.9 Å². The summed E-state index contributed by atoms with van der Waals surface area (Å²) >= 11 is 0. The Morgan fingerprint density at radius 3 is 2.76 bits per heavy atom. The molecule has 1 amide bonds. The highest BCUT2D eigenvalue weighted by molar-refractivity contribution is 6.06. The molecule has 0 aliphatic heterocycles. The topological polar surface area (TPSA) is 95.1 Å². The second-order valence-electron chi connectivity index (χ2n) is 5.32. The number of carbonyl (C=O) groups excluding carboxylic acids is 1. The molecule has 0 saturated heterocycles. The molecule has 0 spiro atoms. The highest BCUT2D eigenvalue weighted by Crippen LogP contribution is 2.19. The van der Waals surface area contributed by atoms with Crippen molar-refractivity contribution in [2.24, 2.45) is 5.92 Å². The predicted octanol–water partition coefficient (Wildman–Crippen LogP) is 2.10. The zero-order valence-electron chi connectivity index (χ0n) is 12.3. The average molecular weight is 289 g/mol. The lowest BCUT2D eigenvalue weighted by Crippen LogP contribution is -2.45. The second kappa shape index (κ2) is 5.95. The maximum absolute atomic E-state index is 12.4. The Labute approximate surface area is 122 Å². The summed E-state index contributed by atoms with van der Waals surface area (Å²) in [5, 5.41) is 19.4. The van der Waals surface area contributed by atoms with E-state index in [2.05, 4.69) is 15.5 Å². The highest BCUT2D eigenvalue weighted by atomic mass is 16.4. The molecule has 0 aliphatic carbocycles. The van der Waals surface area contributed by atoms with Gasteiger partial charge in [-0.2, -0.15) is 5.10 Å². The number of aromatic amines is 1. The third kappa shape index (κ3) is 3.04. The smallest absolute Gasteiger partial charge is 0.326 e. The SMILES string of the molecule is CC[C@H](C)[C@H](NC(=O)c1cc(C)cc2cn[nH]c12)C(=O)O. The first-order chi connectivity index (χ1) is 9.93. The van der Waals surface area contributed by atoms with Crippen molar-refractivity contribution in [2.75, 3.05) is 0 Å². The molecule has 1 aromatic heterocycles. The van der Waals surface area contributed by atoms with Crippen molar-refractivity contribution >= 4 is 22.8 Å². The number of hydrogen-bond donors (Lipinski definition) is 3. The highest BCUT2D eigenvalue weighted by Gasteiger charge is 2.26. The number of rotatable bonds is 5. The number of carbonyl (C=O) groups is 2. The van der Waals surface area contributed by atoms with Gasteiger partial charge in [0, 0.05) is 5.39 Å². The minimum Gasteiger partial charge on any atom is -0.480 e. The summed E-state index contributed by atoms with van der Waals surface area (Å²) in [5.41, 5.74) is 1.95. The normalized spacial score (nSPS) is 13.9. The molecule has 0 aliphatic rings. The summed E-state index contributed by atoms with van der Waals surface area (Å²) in [5.74, 6) is -1.57. The minimum atomic E-state index is -1.02. The zero-order chi connectivity index (χ0) is 15.6. The summed E-state index contributed by atoms with van der Waals surface area (Å²) in [6.07, 6.45) is 2.31. The number of aryl methyl sites for hydroxylation is 1. The van der Waals surface area contributed by atoms with Gasteiger partial charge in [0.2, 0.25) is 0 Å². The molecular weight excluding hydrogens is 270 g/mol. The molecule has 1 aromatic carbocycles. The lowest BCUT2D eigenvalue weighted by atomic mass is 9.98. The minimum absolute atomic E-state index is 0.145. The van der Waals surface area contributed by atoms with Crippen molar-refractivity contribution in [2.45, 2.75) is 33.2 Å². The fourth-order valence-corrected chi connectivity index (χ4v) is 2.29. The molecule has 0 saturated carbocycles. The second-order valence-corrected chi connectivity index (χ2v) is 5.32. The van der Waals surface area contributed by atoms with Crippen LogP contribution in [0.15, 0.2) is 18.3 Å². The molecule has 2 rings (SSSR count). The molecule has 2 aromatic rings. The van der Waals surface area contributed by atoms with E-state index in [1.165, 1.54) is 0 Å². The average Bonchev–Trinajstić information content (AvgIpc) is 2.90. The van der Waals surface area contributed by atoms with Gasteiger partial charge < -0.3 is 10.4 Å². The van der Waals surface area contributed by atoms with Crippen LogP contribution >= 0.6 is 0 Å². The van der Waals surface area contributed by atoms with Crippen LogP contribution in [0.2, 0.25) is 0 Å². The van der Waals surface area contributed by atoms with E-state index < -0.39 is 17.9 Å². The molecule has 1 heterocycles. The Morgan fingerprint density at radius 1 is 1.43 bits per heavy atom. The van der Waals surface area contributed by atoms with Crippen LogP contribution in [-0.2, 0) is 4.79 Å². The van der Waals surface area contributed by atoms with Gasteiger partial charge in [-0.25, -0.2) is 4.79 Å². The van der Waals surface area contributed by atoms with Crippen LogP contribution < -0.4 is 5.32 Å². The number of nitrogens with one attached hydrogen (secondary N) is 2. The largest absolute Gasteiger partial charge is 0.480 e. The fraction of sp³-hybridized carbons (Fsp3) is 0.400. The zero-order valence-corrected chi connectivity index (χ0v) is 12.3. The van der Waals surface area contributed by atoms with Crippen molar-refractivity contribution in [1.82, 2.24) is 15.5 Å². The van der Waals surface area contributed by atoms with E-state index in [1.807, 2.05) is 19.9 Å². The maximum Gasteiger partial charge on any atom is 0.326 e. The lowest BCUT2D eigenvalue weighted by molar-refractivity contribution is -0.140. The molecule has 0 radical (unpaired) electrons. The lowest BCUT2D eigenvalue weighted by Gasteiger charge is -2.20. The standard InChI is InChI=1S/C15H19N3O3/c1-4-9(3)12(15(20)21)17-14(19)11-6-8(2)5-10-7-16-18-13(10)11/h5-7,9,12H,4H2,1-3H3,(H,16,18)(H,17,19)(H,20,21)/t9-,12-/m0/s1. The van der Waals surface area contributed by atoms with Crippen LogP contribution in [0.4, 0.5) is 0 Å². The summed E-state index contributed by atoms with van der Waals surface area (Å²) in [7, 11) is 0. The Morgan fingerprint density at radius 2 is 2.14 bits per heavy atom. The molecule has 0 unspecified atom stereocenters. The first-order valence-corrected chi connectivity index (χ1v) is 6.91. The Kier molecular flexibility index (Phi) is 4.26. The van der Waals surface area contributed by atoms with E-state index in [-0.39, 0.29) is 5.92 Å². The third-order valence-electron chi connectivity index (χ3n) is 3.70. The van der Waals surface area contributed by atoms with Crippen molar-refractivity contribution in [3.05, 3.63) is 29.5 Å². The summed E-state index contributed by atoms with van der Waals surface area (Å²) in [6.45, 7) is 5.58. The van der Waals surface area contributed by atoms with E-state index in [0.29, 0.717) is 17.5 Å². The number of carboxylic acid groups (broad SMARTS) is 1. The van der Waals surface area contributed by atoms with Gasteiger partial charge >= 0.3 is 5.97 Å². The van der Waals surface area contributed by atoms with Crippen LogP contribution in [0.5, 0.6) is 0 Å². The van der Waals surface area contributed by atoms with Gasteiger partial charge in [0.25, 0.3) is 5.91 Å². The molecule has 0 bridgehead atoms. The van der Waals surface area contributed by atoms with E-state index in [1.54, 1.807) is 19.2 Å². The summed E-state index contributed by atoms with van der Waals surface area (Å²) < 4.78 is 0. The first kappa shape index (κ1) is 15.0. The molecule has 6 nitrogen and oxygen atoms in total. The van der Waals surface area contributed by atoms with Crippen molar-refractivity contribution in [3.63, 3.8) is 0 Å². The predicted molar refractivity (Wildman–Crippen MR) is 79.2 cm³/mol. The Hall–Kier alpha value is -2.37. The Balaban J connectivity index is 2.33. The molecule has 112 valence electrons. The molecule has 2 atom stereocenters. The van der Waals surface area contributed by atoms with Gasteiger partial charge in [0.05, 0.1) is 17.3 Å². The van der Waals surface area contributed by atoms with E-state index in [9.17, 15) is 14.7 Å². The van der Waals surface area contributed by atoms with Gasteiger partial charge in [-0.3, -0.25) is 9.89 Å². The van der Waals surface area contributed by atoms with Gasteiger partial charge in [-0.1, -0.05) is 20.3 Å². The van der Waals surface area contributed by atoms with Gasteiger partial charge in [-0.05, 0) is 30.5 Å². The number of hydrogen-bond acceptors (Lipinski definition) is 3. The van der Waals surface area contributed by atoms with Gasteiger partial charge in [-0.15, -0.1) is 0 Å². The molecule has 3 N–H and O–H groups in total.